The van der Waals surface area contributed by atoms with Gasteiger partial charge in [-0.25, -0.2) is 0 Å². The van der Waals surface area contributed by atoms with E-state index in [2.05, 4.69) is 0 Å². The Morgan fingerprint density at radius 2 is 1.95 bits per heavy atom. The monoisotopic (exact) mass is 256 g/mol. The number of para-hydroxylation sites is 1. The second-order valence-electron chi connectivity index (χ2n) is 4.35. The molecule has 0 bridgehead atoms. The number of rotatable bonds is 2. The Kier molecular flexibility index (Phi) is 2.83. The summed E-state index contributed by atoms with van der Waals surface area (Å²) in [6.07, 6.45) is -0.0242. The van der Waals surface area contributed by atoms with Crippen LogP contribution in [0, 0.1) is 0 Å². The first-order valence-electron chi connectivity index (χ1n) is 5.95. The highest BCUT2D eigenvalue weighted by molar-refractivity contribution is 5.70. The molecule has 0 fully saturated rings. The van der Waals surface area contributed by atoms with Crippen molar-refractivity contribution in [1.82, 2.24) is 0 Å². The quantitative estimate of drug-likeness (QED) is 0.897. The minimum atomic E-state index is -0.863. The number of fused-ring (bicyclic) bond motifs is 2. The predicted molar refractivity (Wildman–Crippen MR) is 68.6 cm³/mol. The van der Waals surface area contributed by atoms with E-state index in [1.54, 1.807) is 18.2 Å². The average Bonchev–Trinajstić information content (AvgIpc) is 2.57. The molecule has 0 saturated carbocycles. The van der Waals surface area contributed by atoms with E-state index in [-0.39, 0.29) is 6.42 Å². The van der Waals surface area contributed by atoms with Crippen LogP contribution in [0.2, 0.25) is 0 Å². The zero-order valence-electron chi connectivity index (χ0n) is 10.1. The number of carbonyl (C=O) groups is 1. The third-order valence-corrected chi connectivity index (χ3v) is 2.94. The van der Waals surface area contributed by atoms with Crippen molar-refractivity contribution in [1.29, 1.82) is 0 Å². The molecule has 19 heavy (non-hydrogen) atoms. The number of hydrogen-bond donors (Lipinski definition) is 1. The molecular formula is C15H12O4. The third-order valence-electron chi connectivity index (χ3n) is 2.94. The van der Waals surface area contributed by atoms with Crippen LogP contribution in [0.25, 0.3) is 0 Å². The smallest absolute Gasteiger partial charge is 0.307 e. The van der Waals surface area contributed by atoms with Gasteiger partial charge in [-0.3, -0.25) is 4.79 Å². The van der Waals surface area contributed by atoms with Crippen LogP contribution in [0.15, 0.2) is 42.5 Å². The van der Waals surface area contributed by atoms with Gasteiger partial charge in [0.15, 0.2) is 11.5 Å². The van der Waals surface area contributed by atoms with E-state index < -0.39 is 5.97 Å². The Morgan fingerprint density at radius 3 is 2.79 bits per heavy atom. The fourth-order valence-electron chi connectivity index (χ4n) is 2.03. The standard InChI is InChI=1S/C15H12O4/c16-15(17)8-10-5-6-13-14(7-10)18-9-11-3-1-2-4-12(11)19-13/h1-7H,8-9H2,(H,16,17). The zero-order chi connectivity index (χ0) is 13.2. The van der Waals surface area contributed by atoms with Crippen molar-refractivity contribution in [2.75, 3.05) is 0 Å². The zero-order valence-corrected chi connectivity index (χ0v) is 10.1. The SMILES string of the molecule is O=C(O)Cc1ccc2c(c1)OCc1ccccc1O2. The molecule has 1 heterocycles. The van der Waals surface area contributed by atoms with Gasteiger partial charge in [0, 0.05) is 5.56 Å². The van der Waals surface area contributed by atoms with Crippen LogP contribution in [0.4, 0.5) is 0 Å². The Morgan fingerprint density at radius 1 is 1.11 bits per heavy atom. The van der Waals surface area contributed by atoms with E-state index in [0.717, 1.165) is 11.3 Å². The molecule has 2 aromatic rings. The molecule has 96 valence electrons. The fourth-order valence-corrected chi connectivity index (χ4v) is 2.03. The molecule has 0 amide bonds. The van der Waals surface area contributed by atoms with Crippen molar-refractivity contribution in [3.05, 3.63) is 53.6 Å². The molecule has 0 unspecified atom stereocenters. The Labute approximate surface area is 110 Å². The summed E-state index contributed by atoms with van der Waals surface area (Å²) in [5.74, 6) is 1.10. The molecule has 0 saturated heterocycles. The van der Waals surface area contributed by atoms with Gasteiger partial charge in [-0.15, -0.1) is 0 Å². The van der Waals surface area contributed by atoms with E-state index in [1.165, 1.54) is 0 Å². The number of hydrogen-bond acceptors (Lipinski definition) is 3. The normalized spacial score (nSPS) is 12.4. The van der Waals surface area contributed by atoms with Gasteiger partial charge in [-0.1, -0.05) is 24.3 Å². The highest BCUT2D eigenvalue weighted by Crippen LogP contribution is 2.37. The van der Waals surface area contributed by atoms with Crippen molar-refractivity contribution in [2.24, 2.45) is 0 Å². The topological polar surface area (TPSA) is 55.8 Å². The minimum Gasteiger partial charge on any atom is -0.485 e. The number of ether oxygens (including phenoxy) is 2. The lowest BCUT2D eigenvalue weighted by Gasteiger charge is -2.08. The van der Waals surface area contributed by atoms with Crippen molar-refractivity contribution >= 4 is 5.97 Å². The molecule has 1 aliphatic rings. The molecule has 3 rings (SSSR count). The lowest BCUT2D eigenvalue weighted by atomic mass is 10.1. The van der Waals surface area contributed by atoms with Crippen molar-refractivity contribution in [3.63, 3.8) is 0 Å². The molecule has 4 nitrogen and oxygen atoms in total. The number of aliphatic carboxylic acids is 1. The largest absolute Gasteiger partial charge is 0.485 e. The summed E-state index contributed by atoms with van der Waals surface area (Å²) < 4.78 is 11.5. The van der Waals surface area contributed by atoms with Gasteiger partial charge in [0.1, 0.15) is 12.4 Å². The van der Waals surface area contributed by atoms with Crippen LogP contribution in [0.5, 0.6) is 17.2 Å². The number of carboxylic acid groups (broad SMARTS) is 1. The summed E-state index contributed by atoms with van der Waals surface area (Å²) in [6.45, 7) is 0.416. The van der Waals surface area contributed by atoms with Crippen LogP contribution in [-0.2, 0) is 17.8 Å². The maximum Gasteiger partial charge on any atom is 0.307 e. The molecule has 0 aromatic heterocycles. The van der Waals surface area contributed by atoms with Crippen LogP contribution in [-0.4, -0.2) is 11.1 Å². The third kappa shape index (κ3) is 2.38. The summed E-state index contributed by atoms with van der Waals surface area (Å²) in [4.78, 5) is 10.7. The molecular weight excluding hydrogens is 244 g/mol. The Bertz CT molecular complexity index is 634. The maximum absolute atomic E-state index is 10.7. The molecule has 0 atom stereocenters. The van der Waals surface area contributed by atoms with Crippen molar-refractivity contribution in [2.45, 2.75) is 13.0 Å². The van der Waals surface area contributed by atoms with Gasteiger partial charge in [0.2, 0.25) is 0 Å². The van der Waals surface area contributed by atoms with Crippen molar-refractivity contribution < 1.29 is 19.4 Å². The number of benzene rings is 2. The molecule has 0 spiro atoms. The van der Waals surface area contributed by atoms with Gasteiger partial charge in [0.25, 0.3) is 0 Å². The van der Waals surface area contributed by atoms with Gasteiger partial charge < -0.3 is 14.6 Å². The van der Waals surface area contributed by atoms with Crippen LogP contribution in [0.3, 0.4) is 0 Å². The average molecular weight is 256 g/mol. The summed E-state index contributed by atoms with van der Waals surface area (Å²) in [5.41, 5.74) is 1.67. The highest BCUT2D eigenvalue weighted by atomic mass is 16.5. The first-order valence-corrected chi connectivity index (χ1v) is 5.95. The predicted octanol–water partition coefficient (Wildman–Crippen LogP) is 3.00. The van der Waals surface area contributed by atoms with E-state index >= 15 is 0 Å². The highest BCUT2D eigenvalue weighted by Gasteiger charge is 2.16. The van der Waals surface area contributed by atoms with E-state index in [4.69, 9.17) is 14.6 Å². The first kappa shape index (κ1) is 11.6. The van der Waals surface area contributed by atoms with Crippen LogP contribution >= 0.6 is 0 Å². The molecule has 4 heteroatoms. The Hall–Kier alpha value is -2.49. The summed E-state index contributed by atoms with van der Waals surface area (Å²) in [5, 5.41) is 8.80. The van der Waals surface area contributed by atoms with E-state index in [0.29, 0.717) is 23.7 Å². The van der Waals surface area contributed by atoms with Gasteiger partial charge in [-0.2, -0.15) is 0 Å². The molecule has 1 aliphatic heterocycles. The maximum atomic E-state index is 10.7. The second-order valence-corrected chi connectivity index (χ2v) is 4.35. The summed E-state index contributed by atoms with van der Waals surface area (Å²) >= 11 is 0. The van der Waals surface area contributed by atoms with Gasteiger partial charge in [0.05, 0.1) is 6.42 Å². The minimum absolute atomic E-state index is 0.0242. The molecule has 0 aliphatic carbocycles. The van der Waals surface area contributed by atoms with E-state index in [9.17, 15) is 4.79 Å². The molecule has 0 radical (unpaired) electrons. The van der Waals surface area contributed by atoms with Gasteiger partial charge in [-0.05, 0) is 23.8 Å². The lowest BCUT2D eigenvalue weighted by molar-refractivity contribution is -0.136. The van der Waals surface area contributed by atoms with Gasteiger partial charge >= 0.3 is 5.97 Å². The second kappa shape index (κ2) is 4.65. The lowest BCUT2D eigenvalue weighted by Crippen LogP contribution is -2.00. The fraction of sp³-hybridized carbons (Fsp3) is 0.133. The van der Waals surface area contributed by atoms with Crippen LogP contribution in [0.1, 0.15) is 11.1 Å². The van der Waals surface area contributed by atoms with E-state index in [1.807, 2.05) is 24.3 Å². The molecule has 2 aromatic carbocycles. The summed E-state index contributed by atoms with van der Waals surface area (Å²) in [6, 6.07) is 12.9. The van der Waals surface area contributed by atoms with Crippen molar-refractivity contribution in [3.8, 4) is 17.2 Å². The summed E-state index contributed by atoms with van der Waals surface area (Å²) in [7, 11) is 0. The molecule has 1 N–H and O–H groups in total. The Balaban J connectivity index is 1.95. The number of carboxylic acids is 1. The first-order chi connectivity index (χ1) is 9.22. The van der Waals surface area contributed by atoms with Crippen LogP contribution < -0.4 is 9.47 Å².